The van der Waals surface area contributed by atoms with E-state index in [4.69, 9.17) is 9.68 Å². The number of hydrogen-bond acceptors (Lipinski definition) is 3. The summed E-state index contributed by atoms with van der Waals surface area (Å²) in [4.78, 5) is 4.17. The topological polar surface area (TPSA) is 49.8 Å². The molecule has 0 aliphatic heterocycles. The zero-order valence-electron chi connectivity index (χ0n) is 14.4. The first-order chi connectivity index (χ1) is 13.3. The first-order valence-electron chi connectivity index (χ1n) is 8.69. The van der Waals surface area contributed by atoms with E-state index in [2.05, 4.69) is 41.4 Å². The van der Waals surface area contributed by atoms with E-state index in [-0.39, 0.29) is 0 Å². The summed E-state index contributed by atoms with van der Waals surface area (Å²) in [6, 6.07) is 26.6. The third-order valence-electron chi connectivity index (χ3n) is 4.77. The molecule has 126 valence electrons. The molecule has 5 aromatic rings. The summed E-state index contributed by atoms with van der Waals surface area (Å²) < 4.78 is 5.92. The van der Waals surface area contributed by atoms with Crippen LogP contribution in [-0.2, 0) is 0 Å². The molecule has 27 heavy (non-hydrogen) atoms. The van der Waals surface area contributed by atoms with Gasteiger partial charge in [0.2, 0.25) is 0 Å². The minimum absolute atomic E-state index is 0.559. The van der Waals surface area contributed by atoms with Crippen LogP contribution >= 0.6 is 0 Å². The van der Waals surface area contributed by atoms with Crippen LogP contribution in [0.4, 0.5) is 0 Å². The van der Waals surface area contributed by atoms with Crippen molar-refractivity contribution >= 4 is 21.9 Å². The van der Waals surface area contributed by atoms with Gasteiger partial charge in [0.25, 0.3) is 0 Å². The highest BCUT2D eigenvalue weighted by Gasteiger charge is 2.09. The minimum atomic E-state index is 0.559. The van der Waals surface area contributed by atoms with Crippen molar-refractivity contribution in [1.82, 2.24) is 4.98 Å². The van der Waals surface area contributed by atoms with Crippen molar-refractivity contribution in [2.75, 3.05) is 0 Å². The van der Waals surface area contributed by atoms with Gasteiger partial charge in [-0.1, -0.05) is 42.5 Å². The molecule has 0 atom stereocenters. The largest absolute Gasteiger partial charge is 0.456 e. The Balaban J connectivity index is 1.64. The van der Waals surface area contributed by atoms with Crippen molar-refractivity contribution in [1.29, 1.82) is 5.26 Å². The summed E-state index contributed by atoms with van der Waals surface area (Å²) in [5.74, 6) is 0. The van der Waals surface area contributed by atoms with Gasteiger partial charge in [-0.15, -0.1) is 0 Å². The van der Waals surface area contributed by atoms with Crippen LogP contribution in [0.1, 0.15) is 5.56 Å². The lowest BCUT2D eigenvalue weighted by Crippen LogP contribution is -1.85. The van der Waals surface area contributed by atoms with Gasteiger partial charge in [-0.25, -0.2) is 0 Å². The first kappa shape index (κ1) is 15.4. The molecule has 0 N–H and O–H groups in total. The van der Waals surface area contributed by atoms with E-state index in [1.807, 2.05) is 42.5 Å². The van der Waals surface area contributed by atoms with E-state index in [9.17, 15) is 0 Å². The summed E-state index contributed by atoms with van der Waals surface area (Å²) in [6.45, 7) is 0. The molecule has 0 unspecified atom stereocenters. The fourth-order valence-corrected chi connectivity index (χ4v) is 3.44. The number of fused-ring (bicyclic) bond motifs is 3. The summed E-state index contributed by atoms with van der Waals surface area (Å²) in [6.07, 6.45) is 3.36. The first-order valence-corrected chi connectivity index (χ1v) is 8.69. The molecule has 2 heterocycles. The molecule has 3 heteroatoms. The van der Waals surface area contributed by atoms with Gasteiger partial charge >= 0.3 is 0 Å². The van der Waals surface area contributed by atoms with Gasteiger partial charge in [0.15, 0.2) is 0 Å². The minimum Gasteiger partial charge on any atom is -0.456 e. The molecule has 3 aromatic carbocycles. The number of benzene rings is 3. The van der Waals surface area contributed by atoms with E-state index < -0.39 is 0 Å². The molecule has 0 saturated heterocycles. The van der Waals surface area contributed by atoms with Crippen LogP contribution in [0.3, 0.4) is 0 Å². The Bertz CT molecular complexity index is 1340. The molecule has 0 bridgehead atoms. The second-order valence-corrected chi connectivity index (χ2v) is 6.46. The van der Waals surface area contributed by atoms with Crippen molar-refractivity contribution in [2.24, 2.45) is 0 Å². The fourth-order valence-electron chi connectivity index (χ4n) is 3.44. The highest BCUT2D eigenvalue weighted by atomic mass is 16.3. The predicted octanol–water partition coefficient (Wildman–Crippen LogP) is 6.19. The predicted molar refractivity (Wildman–Crippen MR) is 107 cm³/mol. The molecule has 0 aliphatic rings. The molecule has 0 amide bonds. The molecule has 0 saturated carbocycles. The summed E-state index contributed by atoms with van der Waals surface area (Å²) in [7, 11) is 0. The summed E-state index contributed by atoms with van der Waals surface area (Å²) >= 11 is 0. The Labute approximate surface area is 156 Å². The van der Waals surface area contributed by atoms with E-state index in [0.717, 1.165) is 44.2 Å². The Morgan fingerprint density at radius 1 is 0.667 bits per heavy atom. The average molecular weight is 346 g/mol. The van der Waals surface area contributed by atoms with Crippen molar-refractivity contribution in [3.8, 4) is 28.3 Å². The number of nitrogens with zero attached hydrogens (tertiary/aromatic N) is 2. The van der Waals surface area contributed by atoms with E-state index >= 15 is 0 Å². The van der Waals surface area contributed by atoms with Crippen LogP contribution in [0.2, 0.25) is 0 Å². The van der Waals surface area contributed by atoms with Crippen molar-refractivity contribution in [2.45, 2.75) is 0 Å². The molecule has 0 fully saturated rings. The molecule has 0 radical (unpaired) electrons. The zero-order valence-corrected chi connectivity index (χ0v) is 14.4. The van der Waals surface area contributed by atoms with Crippen molar-refractivity contribution in [3.63, 3.8) is 0 Å². The van der Waals surface area contributed by atoms with Gasteiger partial charge < -0.3 is 4.42 Å². The van der Waals surface area contributed by atoms with Crippen LogP contribution < -0.4 is 0 Å². The zero-order chi connectivity index (χ0) is 18.2. The molecule has 3 nitrogen and oxygen atoms in total. The summed E-state index contributed by atoms with van der Waals surface area (Å²) in [5.41, 5.74) is 6.56. The maximum atomic E-state index is 9.11. The number of para-hydroxylation sites is 1. The van der Waals surface area contributed by atoms with Crippen LogP contribution in [0.5, 0.6) is 0 Å². The molecular weight excluding hydrogens is 332 g/mol. The number of nitriles is 1. The molecule has 5 rings (SSSR count). The monoisotopic (exact) mass is 346 g/mol. The van der Waals surface area contributed by atoms with Gasteiger partial charge in [-0.2, -0.15) is 5.26 Å². The Morgan fingerprint density at radius 3 is 2.33 bits per heavy atom. The Kier molecular flexibility index (Phi) is 3.48. The Hall–Kier alpha value is -3.90. The molecule has 0 spiro atoms. The SMILES string of the molecule is N#Cc1cncc(-c2cccc(-c3ccc4oc5ccccc5c4c3)c2)c1. The number of rotatable bonds is 2. The normalized spacial score (nSPS) is 10.9. The third-order valence-corrected chi connectivity index (χ3v) is 4.77. The quantitative estimate of drug-likeness (QED) is 0.383. The van der Waals surface area contributed by atoms with E-state index in [1.54, 1.807) is 12.4 Å². The van der Waals surface area contributed by atoms with Gasteiger partial charge in [0, 0.05) is 28.7 Å². The van der Waals surface area contributed by atoms with Crippen molar-refractivity contribution < 1.29 is 4.42 Å². The number of pyridine rings is 1. The molecular formula is C24H14N2O. The van der Waals surface area contributed by atoms with Gasteiger partial charge in [-0.05, 0) is 47.0 Å². The lowest BCUT2D eigenvalue weighted by atomic mass is 9.98. The maximum absolute atomic E-state index is 9.11. The highest BCUT2D eigenvalue weighted by Crippen LogP contribution is 2.33. The standard InChI is InChI=1S/C24H14N2O/c25-13-16-10-20(15-26-14-16)18-5-3-4-17(11-18)19-8-9-24-22(12-19)21-6-1-2-7-23(21)27-24/h1-12,14-15H. The second-order valence-electron chi connectivity index (χ2n) is 6.46. The third kappa shape index (κ3) is 2.65. The van der Waals surface area contributed by atoms with Gasteiger partial charge in [-0.3, -0.25) is 4.98 Å². The van der Waals surface area contributed by atoms with Crippen LogP contribution in [0, 0.1) is 11.3 Å². The molecule has 2 aromatic heterocycles. The average Bonchev–Trinajstić information content (AvgIpc) is 3.12. The number of hydrogen-bond donors (Lipinski definition) is 0. The van der Waals surface area contributed by atoms with E-state index in [0.29, 0.717) is 5.56 Å². The van der Waals surface area contributed by atoms with Crippen LogP contribution in [-0.4, -0.2) is 4.98 Å². The van der Waals surface area contributed by atoms with Crippen LogP contribution in [0.15, 0.2) is 89.6 Å². The number of furan rings is 1. The maximum Gasteiger partial charge on any atom is 0.135 e. The van der Waals surface area contributed by atoms with Gasteiger partial charge in [0.1, 0.15) is 17.2 Å². The van der Waals surface area contributed by atoms with Gasteiger partial charge in [0.05, 0.1) is 5.56 Å². The fraction of sp³-hybridized carbons (Fsp3) is 0. The lowest BCUT2D eigenvalue weighted by molar-refractivity contribution is 0.669. The lowest BCUT2D eigenvalue weighted by Gasteiger charge is -2.06. The Morgan fingerprint density at radius 2 is 1.44 bits per heavy atom. The smallest absolute Gasteiger partial charge is 0.135 e. The highest BCUT2D eigenvalue weighted by molar-refractivity contribution is 6.06. The van der Waals surface area contributed by atoms with E-state index in [1.165, 1.54) is 0 Å². The van der Waals surface area contributed by atoms with Crippen LogP contribution in [0.25, 0.3) is 44.2 Å². The molecule has 0 aliphatic carbocycles. The second kappa shape index (κ2) is 6.12. The van der Waals surface area contributed by atoms with Crippen molar-refractivity contribution in [3.05, 3.63) is 90.8 Å². The number of aromatic nitrogens is 1. The summed E-state index contributed by atoms with van der Waals surface area (Å²) in [5, 5.41) is 11.3.